The fourth-order valence-electron chi connectivity index (χ4n) is 4.65. The van der Waals surface area contributed by atoms with Crippen LogP contribution in [0, 0.1) is 19.3 Å². The largest absolute Gasteiger partial charge is 0.481 e. The summed E-state index contributed by atoms with van der Waals surface area (Å²) in [5.41, 5.74) is -0.964. The van der Waals surface area contributed by atoms with E-state index in [1.165, 1.54) is 12.1 Å². The molecular weight excluding hydrogens is 521 g/mol. The number of carboxylic acid groups (broad SMARTS) is 1. The van der Waals surface area contributed by atoms with Gasteiger partial charge in [0.25, 0.3) is 10.0 Å². The van der Waals surface area contributed by atoms with Gasteiger partial charge in [0.2, 0.25) is 0 Å². The maximum absolute atomic E-state index is 13.8. The number of anilines is 2. The Balaban J connectivity index is 1.69. The Morgan fingerprint density at radius 3 is 2.34 bits per heavy atom. The van der Waals surface area contributed by atoms with Crippen LogP contribution in [0.15, 0.2) is 53.6 Å². The van der Waals surface area contributed by atoms with Crippen molar-refractivity contribution in [1.82, 2.24) is 9.97 Å². The first-order valence-corrected chi connectivity index (χ1v) is 13.3. The van der Waals surface area contributed by atoms with Gasteiger partial charge in [0.15, 0.2) is 5.03 Å². The molecule has 1 saturated heterocycles. The molecule has 1 aliphatic rings. The smallest absolute Gasteiger partial charge is 0.418 e. The van der Waals surface area contributed by atoms with E-state index in [-0.39, 0.29) is 34.5 Å². The number of rotatable bonds is 6. The number of nitrogens with zero attached hydrogens (tertiary/aromatic N) is 3. The molecule has 1 unspecified atom stereocenters. The minimum atomic E-state index is -4.71. The van der Waals surface area contributed by atoms with Gasteiger partial charge < -0.3 is 10.0 Å². The molecule has 1 fully saturated rings. The van der Waals surface area contributed by atoms with Crippen LogP contribution >= 0.6 is 0 Å². The second-order valence-electron chi connectivity index (χ2n) is 9.69. The van der Waals surface area contributed by atoms with Crippen molar-refractivity contribution >= 4 is 27.6 Å². The Bertz CT molecular complexity index is 1470. The van der Waals surface area contributed by atoms with Gasteiger partial charge in [0.05, 0.1) is 16.7 Å². The summed E-state index contributed by atoms with van der Waals surface area (Å²) < 4.78 is 70.1. The van der Waals surface area contributed by atoms with E-state index in [9.17, 15) is 31.5 Å². The minimum absolute atomic E-state index is 0.159. The highest BCUT2D eigenvalue weighted by molar-refractivity contribution is 7.92. The van der Waals surface area contributed by atoms with Gasteiger partial charge >= 0.3 is 12.1 Å². The lowest BCUT2D eigenvalue weighted by molar-refractivity contribution is -0.148. The normalized spacial score (nSPS) is 18.3. The van der Waals surface area contributed by atoms with Crippen molar-refractivity contribution in [3.05, 3.63) is 65.2 Å². The second kappa shape index (κ2) is 9.90. The summed E-state index contributed by atoms with van der Waals surface area (Å²) in [5.74, 6) is -0.948. The number of pyridine rings is 2. The van der Waals surface area contributed by atoms with Crippen LogP contribution in [0.3, 0.4) is 0 Å². The molecule has 2 N–H and O–H groups in total. The topological polar surface area (TPSA) is 112 Å². The maximum Gasteiger partial charge on any atom is 0.418 e. The molecule has 0 radical (unpaired) electrons. The molecule has 0 bridgehead atoms. The van der Waals surface area contributed by atoms with Gasteiger partial charge in [-0.05, 0) is 69.0 Å². The molecule has 202 valence electrons. The first-order valence-electron chi connectivity index (χ1n) is 11.8. The lowest BCUT2D eigenvalue weighted by atomic mass is 9.82. The van der Waals surface area contributed by atoms with E-state index in [1.807, 2.05) is 0 Å². The third kappa shape index (κ3) is 5.45. The summed E-state index contributed by atoms with van der Waals surface area (Å²) in [6.07, 6.45) is -3.62. The molecule has 12 heteroatoms. The van der Waals surface area contributed by atoms with Gasteiger partial charge in [-0.1, -0.05) is 24.3 Å². The summed E-state index contributed by atoms with van der Waals surface area (Å²) in [4.78, 5) is 21.7. The molecule has 8 nitrogen and oxygen atoms in total. The summed E-state index contributed by atoms with van der Waals surface area (Å²) in [7, 11) is -4.33. The number of carboxylic acids is 1. The molecule has 4 rings (SSSR count). The van der Waals surface area contributed by atoms with Gasteiger partial charge in [-0.2, -0.15) is 21.6 Å². The number of hydrogen-bond donors (Lipinski definition) is 2. The van der Waals surface area contributed by atoms with Gasteiger partial charge in [-0.3, -0.25) is 9.52 Å². The number of aromatic nitrogens is 2. The van der Waals surface area contributed by atoms with Gasteiger partial charge in [0, 0.05) is 18.7 Å². The Kier molecular flexibility index (Phi) is 7.13. The summed E-state index contributed by atoms with van der Waals surface area (Å²) in [5, 5.41) is 9.22. The third-order valence-corrected chi connectivity index (χ3v) is 7.93. The van der Waals surface area contributed by atoms with E-state index in [1.54, 1.807) is 49.9 Å². The van der Waals surface area contributed by atoms with E-state index in [4.69, 9.17) is 0 Å². The van der Waals surface area contributed by atoms with Crippen LogP contribution in [0.25, 0.3) is 11.3 Å². The Hall–Kier alpha value is -3.67. The van der Waals surface area contributed by atoms with E-state index >= 15 is 0 Å². The van der Waals surface area contributed by atoms with Gasteiger partial charge in [-0.15, -0.1) is 0 Å². The molecule has 1 aromatic carbocycles. The van der Waals surface area contributed by atoms with Crippen molar-refractivity contribution in [3.8, 4) is 11.3 Å². The van der Waals surface area contributed by atoms with Crippen LogP contribution in [0.1, 0.15) is 36.5 Å². The highest BCUT2D eigenvalue weighted by Crippen LogP contribution is 2.39. The van der Waals surface area contributed by atoms with Crippen LogP contribution in [0.5, 0.6) is 0 Å². The monoisotopic (exact) mass is 548 g/mol. The first-order chi connectivity index (χ1) is 17.7. The zero-order chi connectivity index (χ0) is 27.9. The highest BCUT2D eigenvalue weighted by atomic mass is 32.2. The number of halogens is 3. The quantitative estimate of drug-likeness (QED) is 0.432. The fraction of sp³-hybridized carbons (Fsp3) is 0.346. The molecule has 2 aromatic heterocycles. The predicted molar refractivity (Wildman–Crippen MR) is 136 cm³/mol. The van der Waals surface area contributed by atoms with E-state index < -0.39 is 33.1 Å². The zero-order valence-electron chi connectivity index (χ0n) is 21.0. The number of benzene rings is 1. The van der Waals surface area contributed by atoms with Gasteiger partial charge in [-0.25, -0.2) is 9.97 Å². The Morgan fingerprint density at radius 1 is 1.05 bits per heavy atom. The average molecular weight is 549 g/mol. The first kappa shape index (κ1) is 27.4. The van der Waals surface area contributed by atoms with Crippen molar-refractivity contribution in [3.63, 3.8) is 0 Å². The van der Waals surface area contributed by atoms with Crippen LogP contribution in [-0.2, 0) is 21.0 Å². The van der Waals surface area contributed by atoms with Crippen LogP contribution < -0.4 is 9.62 Å². The molecule has 3 aromatic rings. The second-order valence-corrected chi connectivity index (χ2v) is 11.3. The van der Waals surface area contributed by atoms with E-state index in [0.717, 1.165) is 12.1 Å². The fourth-order valence-corrected chi connectivity index (χ4v) is 5.62. The third-order valence-electron chi connectivity index (χ3n) is 6.68. The predicted octanol–water partition coefficient (Wildman–Crippen LogP) is 5.27. The van der Waals surface area contributed by atoms with Crippen molar-refractivity contribution in [1.29, 1.82) is 0 Å². The molecule has 38 heavy (non-hydrogen) atoms. The molecule has 0 saturated carbocycles. The summed E-state index contributed by atoms with van der Waals surface area (Å²) in [6.45, 7) is 5.62. The molecule has 3 heterocycles. The maximum atomic E-state index is 13.8. The van der Waals surface area contributed by atoms with Crippen molar-refractivity contribution < 1.29 is 31.5 Å². The van der Waals surface area contributed by atoms with Crippen LogP contribution in [0.4, 0.5) is 24.8 Å². The van der Waals surface area contributed by atoms with Crippen molar-refractivity contribution in [2.45, 2.75) is 44.8 Å². The summed E-state index contributed by atoms with van der Waals surface area (Å²) >= 11 is 0. The number of alkyl halides is 3. The molecular formula is C26H27F3N4O4S. The SMILES string of the molecule is Cc1cccc(C)c1-c1nc(NS(=O)(=O)c2cccc(N3CCCC(C)(C(=O)O)C3)n2)ccc1C(F)(F)F. The summed E-state index contributed by atoms with van der Waals surface area (Å²) in [6, 6.07) is 11.1. The molecule has 1 aliphatic heterocycles. The van der Waals surface area contributed by atoms with E-state index in [0.29, 0.717) is 30.5 Å². The van der Waals surface area contributed by atoms with Crippen LogP contribution in [0.2, 0.25) is 0 Å². The van der Waals surface area contributed by atoms with Crippen molar-refractivity contribution in [2.24, 2.45) is 5.41 Å². The lowest BCUT2D eigenvalue weighted by Gasteiger charge is -2.38. The number of aliphatic carboxylic acids is 1. The average Bonchev–Trinajstić information content (AvgIpc) is 2.83. The number of carbonyl (C=O) groups is 1. The molecule has 1 atom stereocenters. The number of aryl methyl sites for hydroxylation is 2. The standard InChI is InChI=1S/C26H27F3N4O4S/c1-16-7-4-8-17(2)22(16)23-18(26(27,28)29)11-12-19(30-23)32-38(36,37)21-10-5-9-20(31-21)33-14-6-13-25(3,15-33)24(34)35/h4-5,7-12H,6,13-15H2,1-3H3,(H,30,32)(H,34,35). The number of hydrogen-bond acceptors (Lipinski definition) is 6. The van der Waals surface area contributed by atoms with Gasteiger partial charge in [0.1, 0.15) is 11.6 Å². The van der Waals surface area contributed by atoms with Crippen molar-refractivity contribution in [2.75, 3.05) is 22.7 Å². The molecule has 0 aliphatic carbocycles. The Morgan fingerprint density at radius 2 is 1.71 bits per heavy atom. The molecule has 0 amide bonds. The zero-order valence-corrected chi connectivity index (χ0v) is 21.8. The number of piperidine rings is 1. The highest BCUT2D eigenvalue weighted by Gasteiger charge is 2.39. The van der Waals surface area contributed by atoms with Crippen LogP contribution in [-0.4, -0.2) is 42.6 Å². The van der Waals surface area contributed by atoms with E-state index in [2.05, 4.69) is 14.7 Å². The number of nitrogens with one attached hydrogen (secondary N) is 1. The number of sulfonamides is 1. The Labute approximate surface area is 218 Å². The minimum Gasteiger partial charge on any atom is -0.481 e. The molecule has 0 spiro atoms. The lowest BCUT2D eigenvalue weighted by Crippen LogP contribution is -2.46.